The fourth-order valence-corrected chi connectivity index (χ4v) is 3.25. The summed E-state index contributed by atoms with van der Waals surface area (Å²) in [5.41, 5.74) is 0.123. The molecular weight excluding hydrogens is 319 g/mol. The Bertz CT molecular complexity index is 1090. The quantitative estimate of drug-likeness (QED) is 0.493. The molecule has 1 aliphatic rings. The van der Waals surface area contributed by atoms with Crippen molar-refractivity contribution in [1.29, 1.82) is 0 Å². The van der Waals surface area contributed by atoms with E-state index in [0.29, 0.717) is 11.1 Å². The van der Waals surface area contributed by atoms with Crippen molar-refractivity contribution in [2.24, 2.45) is 7.05 Å². The molecule has 1 aliphatic carbocycles. The molecule has 0 N–H and O–H groups in total. The normalized spacial score (nSPS) is 13.2. The molecule has 1 heterocycles. The lowest BCUT2D eigenvalue weighted by Crippen LogP contribution is -2.17. The highest BCUT2D eigenvalue weighted by atomic mass is 19.4. The van der Waals surface area contributed by atoms with Crippen LogP contribution in [-0.4, -0.2) is 10.4 Å². The van der Waals surface area contributed by atoms with Gasteiger partial charge in [0.15, 0.2) is 5.43 Å². The van der Waals surface area contributed by atoms with Crippen LogP contribution >= 0.6 is 0 Å². The highest BCUT2D eigenvalue weighted by Crippen LogP contribution is 2.37. The van der Waals surface area contributed by atoms with E-state index in [1.807, 2.05) is 0 Å². The molecule has 0 amide bonds. The molecular formula is C18H10F3NO2. The van der Waals surface area contributed by atoms with Crippen molar-refractivity contribution in [1.82, 2.24) is 4.57 Å². The standard InChI is InChI=1S/C18H10F3NO2/c1-22-13-8-9(18(19,20)21)6-7-12(13)16(23)14-10-4-2-3-5-11(10)17(24)15(14)22/h2-8H,1H3. The number of aromatic nitrogens is 1. The largest absolute Gasteiger partial charge is 0.416 e. The van der Waals surface area contributed by atoms with Gasteiger partial charge in [0.25, 0.3) is 0 Å². The maximum atomic E-state index is 13.0. The summed E-state index contributed by atoms with van der Waals surface area (Å²) in [6, 6.07) is 9.67. The summed E-state index contributed by atoms with van der Waals surface area (Å²) in [7, 11) is 1.50. The summed E-state index contributed by atoms with van der Waals surface area (Å²) >= 11 is 0. The van der Waals surface area contributed by atoms with Crippen LogP contribution in [0.15, 0.2) is 47.3 Å². The number of nitrogens with zero attached hydrogens (tertiary/aromatic N) is 1. The van der Waals surface area contributed by atoms with Crippen molar-refractivity contribution in [3.8, 4) is 11.1 Å². The van der Waals surface area contributed by atoms with E-state index in [4.69, 9.17) is 0 Å². The summed E-state index contributed by atoms with van der Waals surface area (Å²) in [6.07, 6.45) is -4.52. The Morgan fingerprint density at radius 2 is 1.62 bits per heavy atom. The molecule has 0 aliphatic heterocycles. The van der Waals surface area contributed by atoms with Gasteiger partial charge in [-0.3, -0.25) is 9.59 Å². The van der Waals surface area contributed by atoms with Crippen molar-refractivity contribution in [3.05, 3.63) is 69.5 Å². The molecule has 2 aromatic carbocycles. The molecule has 4 rings (SSSR count). The van der Waals surface area contributed by atoms with Crippen molar-refractivity contribution < 1.29 is 18.0 Å². The van der Waals surface area contributed by atoms with Crippen molar-refractivity contribution in [2.75, 3.05) is 0 Å². The number of aryl methyl sites for hydroxylation is 1. The number of halogens is 3. The number of carbonyl (C=O) groups is 1. The van der Waals surface area contributed by atoms with E-state index >= 15 is 0 Å². The predicted molar refractivity (Wildman–Crippen MR) is 83.1 cm³/mol. The van der Waals surface area contributed by atoms with Crippen LogP contribution < -0.4 is 5.43 Å². The van der Waals surface area contributed by atoms with Crippen LogP contribution in [0.25, 0.3) is 22.0 Å². The zero-order chi connectivity index (χ0) is 17.2. The molecule has 0 atom stereocenters. The van der Waals surface area contributed by atoms with Gasteiger partial charge in [-0.2, -0.15) is 13.2 Å². The van der Waals surface area contributed by atoms with Gasteiger partial charge < -0.3 is 4.57 Å². The lowest BCUT2D eigenvalue weighted by Gasteiger charge is -2.13. The van der Waals surface area contributed by atoms with Crippen LogP contribution in [0.3, 0.4) is 0 Å². The maximum absolute atomic E-state index is 13.0. The second-order valence-electron chi connectivity index (χ2n) is 5.72. The van der Waals surface area contributed by atoms with Gasteiger partial charge >= 0.3 is 6.18 Å². The maximum Gasteiger partial charge on any atom is 0.416 e. The Labute approximate surface area is 134 Å². The van der Waals surface area contributed by atoms with Crippen LogP contribution in [-0.2, 0) is 13.2 Å². The first-order valence-electron chi connectivity index (χ1n) is 7.19. The van der Waals surface area contributed by atoms with E-state index < -0.39 is 17.2 Å². The summed E-state index contributed by atoms with van der Waals surface area (Å²) in [4.78, 5) is 25.4. The lowest BCUT2D eigenvalue weighted by atomic mass is 10.0. The monoisotopic (exact) mass is 329 g/mol. The Balaban J connectivity index is 2.15. The Morgan fingerprint density at radius 3 is 2.29 bits per heavy atom. The average Bonchev–Trinajstić information content (AvgIpc) is 2.85. The number of ketones is 1. The number of alkyl halides is 3. The molecule has 0 saturated heterocycles. The predicted octanol–water partition coefficient (Wildman–Crippen LogP) is 3.77. The first-order valence-corrected chi connectivity index (χ1v) is 7.19. The van der Waals surface area contributed by atoms with Gasteiger partial charge in [-0.05, 0) is 23.8 Å². The number of fused-ring (bicyclic) bond motifs is 4. The van der Waals surface area contributed by atoms with Crippen LogP contribution in [0.2, 0.25) is 0 Å². The fraction of sp³-hybridized carbons (Fsp3) is 0.111. The van der Waals surface area contributed by atoms with Crippen LogP contribution in [0.4, 0.5) is 13.2 Å². The highest BCUT2D eigenvalue weighted by molar-refractivity contribution is 6.21. The van der Waals surface area contributed by atoms with Crippen LogP contribution in [0.1, 0.15) is 21.6 Å². The van der Waals surface area contributed by atoms with Crippen molar-refractivity contribution >= 4 is 16.7 Å². The van der Waals surface area contributed by atoms with Gasteiger partial charge in [0.2, 0.25) is 5.78 Å². The van der Waals surface area contributed by atoms with Crippen molar-refractivity contribution in [3.63, 3.8) is 0 Å². The number of hydrogen-bond acceptors (Lipinski definition) is 2. The molecule has 0 saturated carbocycles. The molecule has 120 valence electrons. The summed E-state index contributed by atoms with van der Waals surface area (Å²) in [5.74, 6) is -0.348. The topological polar surface area (TPSA) is 39.1 Å². The molecule has 0 unspecified atom stereocenters. The Hall–Kier alpha value is -2.89. The van der Waals surface area contributed by atoms with Gasteiger partial charge in [-0.15, -0.1) is 0 Å². The van der Waals surface area contributed by atoms with Gasteiger partial charge in [0.1, 0.15) is 5.69 Å². The van der Waals surface area contributed by atoms with E-state index in [9.17, 15) is 22.8 Å². The Morgan fingerprint density at radius 1 is 0.958 bits per heavy atom. The molecule has 0 radical (unpaired) electrons. The lowest BCUT2D eigenvalue weighted by molar-refractivity contribution is -0.137. The van der Waals surface area contributed by atoms with Gasteiger partial charge in [-0.25, -0.2) is 0 Å². The zero-order valence-corrected chi connectivity index (χ0v) is 12.4. The first kappa shape index (κ1) is 14.7. The number of rotatable bonds is 0. The number of pyridine rings is 1. The van der Waals surface area contributed by atoms with E-state index in [1.165, 1.54) is 17.7 Å². The minimum Gasteiger partial charge on any atom is -0.340 e. The third kappa shape index (κ3) is 1.79. The number of carbonyl (C=O) groups excluding carboxylic acids is 1. The minimum atomic E-state index is -4.52. The SMILES string of the molecule is Cn1c2c(c(=O)c3ccc(C(F)(F)F)cc31)-c1ccccc1C2=O. The van der Waals surface area contributed by atoms with E-state index in [2.05, 4.69) is 0 Å². The van der Waals surface area contributed by atoms with E-state index in [0.717, 1.165) is 12.1 Å². The number of hydrogen-bond donors (Lipinski definition) is 0. The average molecular weight is 329 g/mol. The molecule has 0 fully saturated rings. The summed E-state index contributed by atoms with van der Waals surface area (Å²) < 4.78 is 40.3. The second-order valence-corrected chi connectivity index (χ2v) is 5.72. The molecule has 24 heavy (non-hydrogen) atoms. The third-order valence-corrected chi connectivity index (χ3v) is 4.39. The summed E-state index contributed by atoms with van der Waals surface area (Å²) in [6.45, 7) is 0. The third-order valence-electron chi connectivity index (χ3n) is 4.39. The van der Waals surface area contributed by atoms with Gasteiger partial charge in [-0.1, -0.05) is 24.3 Å². The molecule has 0 bridgehead atoms. The smallest absolute Gasteiger partial charge is 0.340 e. The highest BCUT2D eigenvalue weighted by Gasteiger charge is 2.34. The number of benzene rings is 2. The van der Waals surface area contributed by atoms with Crippen LogP contribution in [0, 0.1) is 0 Å². The summed E-state index contributed by atoms with van der Waals surface area (Å²) in [5, 5.41) is 0.161. The fourth-order valence-electron chi connectivity index (χ4n) is 3.25. The molecule has 0 spiro atoms. The van der Waals surface area contributed by atoms with E-state index in [-0.39, 0.29) is 27.9 Å². The van der Waals surface area contributed by atoms with Crippen molar-refractivity contribution in [2.45, 2.75) is 6.18 Å². The van der Waals surface area contributed by atoms with E-state index in [1.54, 1.807) is 24.3 Å². The molecule has 3 nitrogen and oxygen atoms in total. The molecule has 1 aromatic heterocycles. The van der Waals surface area contributed by atoms with Gasteiger partial charge in [0, 0.05) is 18.0 Å². The van der Waals surface area contributed by atoms with Gasteiger partial charge in [0.05, 0.1) is 16.6 Å². The second kappa shape index (κ2) is 4.56. The first-order chi connectivity index (χ1) is 11.3. The minimum absolute atomic E-state index is 0.0923. The zero-order valence-electron chi connectivity index (χ0n) is 12.4. The molecule has 6 heteroatoms. The molecule has 3 aromatic rings. The van der Waals surface area contributed by atoms with Crippen LogP contribution in [0.5, 0.6) is 0 Å². The Kier molecular flexibility index (Phi) is 2.79.